The van der Waals surface area contributed by atoms with Gasteiger partial charge in [0.25, 0.3) is 5.56 Å². The van der Waals surface area contributed by atoms with Crippen LogP contribution in [0.4, 0.5) is 0 Å². The normalized spacial score (nSPS) is 14.6. The fourth-order valence-electron chi connectivity index (χ4n) is 2.16. The maximum Gasteiger partial charge on any atom is 0.255 e. The van der Waals surface area contributed by atoms with Gasteiger partial charge < -0.3 is 0 Å². The SMILES string of the molecule is O=c1cc(Cl)nc(C2CC2)n1CCc1ccncc1. The third-order valence-corrected chi connectivity index (χ3v) is 3.52. The molecule has 19 heavy (non-hydrogen) atoms. The summed E-state index contributed by atoms with van der Waals surface area (Å²) in [5, 5.41) is 0.298. The van der Waals surface area contributed by atoms with Crippen molar-refractivity contribution >= 4 is 11.6 Å². The lowest BCUT2D eigenvalue weighted by atomic mass is 10.2. The zero-order chi connectivity index (χ0) is 13.2. The Balaban J connectivity index is 1.86. The Morgan fingerprint density at radius 2 is 2.05 bits per heavy atom. The second-order valence-electron chi connectivity index (χ2n) is 4.81. The third-order valence-electron chi connectivity index (χ3n) is 3.32. The van der Waals surface area contributed by atoms with Gasteiger partial charge in [0.15, 0.2) is 0 Å². The molecule has 2 heterocycles. The first kappa shape index (κ1) is 12.4. The molecule has 0 unspecified atom stereocenters. The van der Waals surface area contributed by atoms with Gasteiger partial charge in [0, 0.05) is 30.9 Å². The topological polar surface area (TPSA) is 47.8 Å². The summed E-state index contributed by atoms with van der Waals surface area (Å²) in [6.45, 7) is 0.638. The summed E-state index contributed by atoms with van der Waals surface area (Å²) in [6.07, 6.45) is 6.52. The number of aromatic nitrogens is 3. The van der Waals surface area contributed by atoms with Gasteiger partial charge in [-0.2, -0.15) is 0 Å². The lowest BCUT2D eigenvalue weighted by Gasteiger charge is -2.11. The molecular formula is C14H14ClN3O. The summed E-state index contributed by atoms with van der Waals surface area (Å²) in [4.78, 5) is 20.4. The number of hydrogen-bond acceptors (Lipinski definition) is 3. The van der Waals surface area contributed by atoms with E-state index in [0.29, 0.717) is 17.6 Å². The van der Waals surface area contributed by atoms with E-state index in [1.54, 1.807) is 17.0 Å². The summed E-state index contributed by atoms with van der Waals surface area (Å²) in [5.74, 6) is 1.25. The van der Waals surface area contributed by atoms with E-state index in [1.807, 2.05) is 12.1 Å². The average Bonchev–Trinajstić information content (AvgIpc) is 3.22. The van der Waals surface area contributed by atoms with Crippen LogP contribution in [0.25, 0.3) is 0 Å². The molecule has 2 aromatic rings. The molecule has 0 amide bonds. The maximum absolute atomic E-state index is 12.0. The van der Waals surface area contributed by atoms with Crippen LogP contribution in [0, 0.1) is 0 Å². The van der Waals surface area contributed by atoms with Crippen LogP contribution in [-0.2, 0) is 13.0 Å². The Hall–Kier alpha value is -1.68. The molecular weight excluding hydrogens is 262 g/mol. The minimum absolute atomic E-state index is 0.0593. The van der Waals surface area contributed by atoms with Gasteiger partial charge >= 0.3 is 0 Å². The fourth-order valence-corrected chi connectivity index (χ4v) is 2.34. The molecule has 0 aliphatic heterocycles. The summed E-state index contributed by atoms with van der Waals surface area (Å²) in [5.41, 5.74) is 1.11. The molecule has 1 saturated carbocycles. The van der Waals surface area contributed by atoms with E-state index in [2.05, 4.69) is 9.97 Å². The average molecular weight is 276 g/mol. The first-order valence-corrected chi connectivity index (χ1v) is 6.78. The van der Waals surface area contributed by atoms with Crippen LogP contribution < -0.4 is 5.56 Å². The molecule has 0 spiro atoms. The van der Waals surface area contributed by atoms with Gasteiger partial charge in [-0.15, -0.1) is 0 Å². The van der Waals surface area contributed by atoms with E-state index in [9.17, 15) is 4.79 Å². The minimum Gasteiger partial charge on any atom is -0.296 e. The van der Waals surface area contributed by atoms with Crippen molar-refractivity contribution < 1.29 is 0 Å². The molecule has 1 aliphatic carbocycles. The Morgan fingerprint density at radius 1 is 1.32 bits per heavy atom. The molecule has 3 rings (SSSR count). The molecule has 1 aliphatic rings. The Kier molecular flexibility index (Phi) is 3.34. The van der Waals surface area contributed by atoms with Gasteiger partial charge in [0.2, 0.25) is 0 Å². The van der Waals surface area contributed by atoms with E-state index >= 15 is 0 Å². The molecule has 2 aromatic heterocycles. The first-order chi connectivity index (χ1) is 9.24. The van der Waals surface area contributed by atoms with Crippen molar-refractivity contribution in [1.29, 1.82) is 0 Å². The van der Waals surface area contributed by atoms with Gasteiger partial charge in [-0.05, 0) is 37.0 Å². The van der Waals surface area contributed by atoms with Crippen LogP contribution in [0.1, 0.15) is 30.1 Å². The highest BCUT2D eigenvalue weighted by atomic mass is 35.5. The molecule has 0 saturated heterocycles. The monoisotopic (exact) mass is 275 g/mol. The number of pyridine rings is 1. The van der Waals surface area contributed by atoms with Crippen LogP contribution >= 0.6 is 11.6 Å². The Bertz CT molecular complexity index is 635. The summed E-state index contributed by atoms with van der Waals surface area (Å²) < 4.78 is 1.75. The van der Waals surface area contributed by atoms with E-state index in [0.717, 1.165) is 25.1 Å². The van der Waals surface area contributed by atoms with Gasteiger partial charge in [0.1, 0.15) is 11.0 Å². The number of aryl methyl sites for hydroxylation is 1. The van der Waals surface area contributed by atoms with Crippen molar-refractivity contribution in [2.24, 2.45) is 0 Å². The van der Waals surface area contributed by atoms with Gasteiger partial charge in [0.05, 0.1) is 0 Å². The molecule has 0 bridgehead atoms. The molecule has 4 nitrogen and oxygen atoms in total. The predicted molar refractivity (Wildman–Crippen MR) is 73.4 cm³/mol. The zero-order valence-corrected chi connectivity index (χ0v) is 11.2. The molecule has 1 fully saturated rings. The van der Waals surface area contributed by atoms with Gasteiger partial charge in [-0.3, -0.25) is 14.3 Å². The highest BCUT2D eigenvalue weighted by Gasteiger charge is 2.28. The fraction of sp³-hybridized carbons (Fsp3) is 0.357. The van der Waals surface area contributed by atoms with E-state index in [-0.39, 0.29) is 5.56 Å². The zero-order valence-electron chi connectivity index (χ0n) is 10.4. The lowest BCUT2D eigenvalue weighted by Crippen LogP contribution is -2.25. The molecule has 0 aromatic carbocycles. The number of nitrogens with zero attached hydrogens (tertiary/aromatic N) is 3. The quantitative estimate of drug-likeness (QED) is 0.805. The molecule has 0 atom stereocenters. The van der Waals surface area contributed by atoms with Crippen molar-refractivity contribution in [2.75, 3.05) is 0 Å². The molecule has 98 valence electrons. The van der Waals surface area contributed by atoms with Crippen LogP contribution in [0.15, 0.2) is 35.4 Å². The van der Waals surface area contributed by atoms with Crippen LogP contribution in [0.5, 0.6) is 0 Å². The van der Waals surface area contributed by atoms with Gasteiger partial charge in [-0.1, -0.05) is 11.6 Å². The van der Waals surface area contributed by atoms with Crippen molar-refractivity contribution in [3.63, 3.8) is 0 Å². The highest BCUT2D eigenvalue weighted by molar-refractivity contribution is 6.29. The van der Waals surface area contributed by atoms with Crippen molar-refractivity contribution in [3.05, 3.63) is 57.5 Å². The maximum atomic E-state index is 12.0. The number of halogens is 1. The van der Waals surface area contributed by atoms with Crippen LogP contribution in [0.3, 0.4) is 0 Å². The van der Waals surface area contributed by atoms with E-state index in [1.165, 1.54) is 11.6 Å². The summed E-state index contributed by atoms with van der Waals surface area (Å²) >= 11 is 5.88. The van der Waals surface area contributed by atoms with E-state index in [4.69, 9.17) is 11.6 Å². The molecule has 0 N–H and O–H groups in total. The molecule has 5 heteroatoms. The lowest BCUT2D eigenvalue weighted by molar-refractivity contribution is 0.609. The molecule has 0 radical (unpaired) electrons. The summed E-state index contributed by atoms with van der Waals surface area (Å²) in [6, 6.07) is 5.32. The minimum atomic E-state index is -0.0593. The van der Waals surface area contributed by atoms with Crippen molar-refractivity contribution in [1.82, 2.24) is 14.5 Å². The second kappa shape index (κ2) is 5.13. The third kappa shape index (κ3) is 2.84. The highest BCUT2D eigenvalue weighted by Crippen LogP contribution is 2.38. The smallest absolute Gasteiger partial charge is 0.255 e. The van der Waals surface area contributed by atoms with Crippen LogP contribution in [-0.4, -0.2) is 14.5 Å². The van der Waals surface area contributed by atoms with E-state index < -0.39 is 0 Å². The van der Waals surface area contributed by atoms with Gasteiger partial charge in [-0.25, -0.2) is 4.98 Å². The first-order valence-electron chi connectivity index (χ1n) is 6.40. The van der Waals surface area contributed by atoms with Crippen LogP contribution in [0.2, 0.25) is 5.15 Å². The number of rotatable bonds is 4. The Morgan fingerprint density at radius 3 is 2.74 bits per heavy atom. The number of hydrogen-bond donors (Lipinski definition) is 0. The largest absolute Gasteiger partial charge is 0.296 e. The Labute approximate surface area is 116 Å². The predicted octanol–water partition coefficient (Wildman–Crippen LogP) is 2.41. The van der Waals surface area contributed by atoms with Crippen molar-refractivity contribution in [2.45, 2.75) is 31.7 Å². The van der Waals surface area contributed by atoms with Crippen molar-refractivity contribution in [3.8, 4) is 0 Å². The standard InChI is InChI=1S/C14H14ClN3O/c15-12-9-13(19)18(14(17-12)11-1-2-11)8-5-10-3-6-16-7-4-10/h3-4,6-7,9,11H,1-2,5,8H2. The summed E-state index contributed by atoms with van der Waals surface area (Å²) in [7, 11) is 0. The second-order valence-corrected chi connectivity index (χ2v) is 5.19.